The predicted molar refractivity (Wildman–Crippen MR) is 51.2 cm³/mol. The summed E-state index contributed by atoms with van der Waals surface area (Å²) < 4.78 is 0. The molecule has 12 heavy (non-hydrogen) atoms. The van der Waals surface area contributed by atoms with E-state index in [0.29, 0.717) is 6.54 Å². The van der Waals surface area contributed by atoms with Crippen molar-refractivity contribution in [1.29, 1.82) is 0 Å². The minimum absolute atomic E-state index is 0.00931. The monoisotopic (exact) mass is 181 g/mol. The van der Waals surface area contributed by atoms with Gasteiger partial charge in [0.2, 0.25) is 5.91 Å². The molecule has 0 fully saturated rings. The lowest BCUT2D eigenvalue weighted by molar-refractivity contribution is -0.119. The van der Waals surface area contributed by atoms with Crippen molar-refractivity contribution < 1.29 is 4.79 Å². The van der Waals surface area contributed by atoms with Gasteiger partial charge in [-0.2, -0.15) is 0 Å². The second kappa shape index (κ2) is 4.16. The number of carbonyl (C=O) groups is 1. The number of rotatable bonds is 2. The van der Waals surface area contributed by atoms with Gasteiger partial charge in [0.05, 0.1) is 0 Å². The van der Waals surface area contributed by atoms with Gasteiger partial charge < -0.3 is 5.32 Å². The van der Waals surface area contributed by atoms with Crippen LogP contribution in [0.5, 0.6) is 0 Å². The van der Waals surface area contributed by atoms with E-state index in [9.17, 15) is 4.79 Å². The second-order valence-corrected chi connectivity index (χ2v) is 3.09. The zero-order chi connectivity index (χ0) is 8.97. The van der Waals surface area contributed by atoms with Gasteiger partial charge in [0.15, 0.2) is 0 Å². The van der Waals surface area contributed by atoms with Crippen LogP contribution in [-0.2, 0) is 11.3 Å². The highest BCUT2D eigenvalue weighted by Gasteiger charge is 1.93. The molecular formula is C9H11NOS. The number of hydrogen-bond donors (Lipinski definition) is 2. The van der Waals surface area contributed by atoms with Crippen LogP contribution in [0.1, 0.15) is 12.5 Å². The molecule has 0 atom stereocenters. The SMILES string of the molecule is CC(=O)NCc1ccc(S)cc1. The molecule has 1 aromatic carbocycles. The molecule has 0 aliphatic heterocycles. The van der Waals surface area contributed by atoms with Crippen molar-refractivity contribution in [2.24, 2.45) is 0 Å². The van der Waals surface area contributed by atoms with Crippen molar-refractivity contribution >= 4 is 18.5 Å². The predicted octanol–water partition coefficient (Wildman–Crippen LogP) is 1.61. The molecule has 0 saturated carbocycles. The summed E-state index contributed by atoms with van der Waals surface area (Å²) >= 11 is 4.15. The van der Waals surface area contributed by atoms with Crippen molar-refractivity contribution in [1.82, 2.24) is 5.32 Å². The van der Waals surface area contributed by atoms with Crippen LogP contribution in [0.15, 0.2) is 29.2 Å². The van der Waals surface area contributed by atoms with Crippen LogP contribution in [0.4, 0.5) is 0 Å². The maximum Gasteiger partial charge on any atom is 0.217 e. The number of hydrogen-bond acceptors (Lipinski definition) is 2. The first-order valence-corrected chi connectivity index (χ1v) is 4.15. The van der Waals surface area contributed by atoms with Crippen LogP contribution >= 0.6 is 12.6 Å². The summed E-state index contributed by atoms with van der Waals surface area (Å²) in [7, 11) is 0. The van der Waals surface area contributed by atoms with Crippen LogP contribution < -0.4 is 5.32 Å². The number of thiol groups is 1. The largest absolute Gasteiger partial charge is 0.352 e. The van der Waals surface area contributed by atoms with Gasteiger partial charge in [-0.25, -0.2) is 0 Å². The Hall–Kier alpha value is -0.960. The zero-order valence-electron chi connectivity index (χ0n) is 6.87. The van der Waals surface area contributed by atoms with Crippen LogP contribution in [0.3, 0.4) is 0 Å². The van der Waals surface area contributed by atoms with E-state index in [4.69, 9.17) is 0 Å². The van der Waals surface area contributed by atoms with Gasteiger partial charge in [-0.1, -0.05) is 12.1 Å². The third-order valence-electron chi connectivity index (χ3n) is 1.48. The van der Waals surface area contributed by atoms with E-state index in [1.54, 1.807) is 0 Å². The van der Waals surface area contributed by atoms with E-state index in [1.807, 2.05) is 24.3 Å². The number of carbonyl (C=O) groups excluding carboxylic acids is 1. The van der Waals surface area contributed by atoms with Gasteiger partial charge >= 0.3 is 0 Å². The van der Waals surface area contributed by atoms with Gasteiger partial charge in [0, 0.05) is 18.4 Å². The van der Waals surface area contributed by atoms with E-state index in [0.717, 1.165) is 10.5 Å². The third kappa shape index (κ3) is 2.96. The summed E-state index contributed by atoms with van der Waals surface area (Å²) in [6.45, 7) is 2.09. The summed E-state index contributed by atoms with van der Waals surface area (Å²) in [5, 5.41) is 2.72. The van der Waals surface area contributed by atoms with Crippen molar-refractivity contribution in [3.8, 4) is 0 Å². The Bertz CT molecular complexity index is 268. The van der Waals surface area contributed by atoms with Crippen LogP contribution in [0.2, 0.25) is 0 Å². The lowest BCUT2D eigenvalue weighted by atomic mass is 10.2. The van der Waals surface area contributed by atoms with Crippen molar-refractivity contribution in [2.75, 3.05) is 0 Å². The average Bonchev–Trinajstić information content (AvgIpc) is 2.03. The molecule has 0 aliphatic rings. The smallest absolute Gasteiger partial charge is 0.217 e. The molecule has 64 valence electrons. The molecule has 1 amide bonds. The van der Waals surface area contributed by atoms with E-state index in [2.05, 4.69) is 17.9 Å². The topological polar surface area (TPSA) is 29.1 Å². The van der Waals surface area contributed by atoms with Gasteiger partial charge in [-0.15, -0.1) is 12.6 Å². The second-order valence-electron chi connectivity index (χ2n) is 2.58. The van der Waals surface area contributed by atoms with Crippen LogP contribution in [0, 0.1) is 0 Å². The zero-order valence-corrected chi connectivity index (χ0v) is 7.77. The maximum absolute atomic E-state index is 10.6. The van der Waals surface area contributed by atoms with E-state index >= 15 is 0 Å². The molecule has 0 aliphatic carbocycles. The third-order valence-corrected chi connectivity index (χ3v) is 1.78. The van der Waals surface area contributed by atoms with E-state index in [1.165, 1.54) is 6.92 Å². The Kier molecular flexibility index (Phi) is 3.17. The number of nitrogens with one attached hydrogen (secondary N) is 1. The Morgan fingerprint density at radius 3 is 2.50 bits per heavy atom. The fourth-order valence-electron chi connectivity index (χ4n) is 0.840. The first-order valence-electron chi connectivity index (χ1n) is 3.71. The molecule has 1 N–H and O–H groups in total. The first-order chi connectivity index (χ1) is 5.68. The molecule has 2 nitrogen and oxygen atoms in total. The quantitative estimate of drug-likeness (QED) is 0.667. The fraction of sp³-hybridized carbons (Fsp3) is 0.222. The molecule has 1 aromatic rings. The van der Waals surface area contributed by atoms with E-state index in [-0.39, 0.29) is 5.91 Å². The first kappa shape index (κ1) is 9.13. The van der Waals surface area contributed by atoms with Gasteiger partial charge in [-0.05, 0) is 17.7 Å². The lowest BCUT2D eigenvalue weighted by Crippen LogP contribution is -2.18. The minimum Gasteiger partial charge on any atom is -0.352 e. The molecule has 1 rings (SSSR count). The normalized spacial score (nSPS) is 9.50. The number of benzene rings is 1. The number of amides is 1. The average molecular weight is 181 g/mol. The summed E-state index contributed by atoms with van der Waals surface area (Å²) in [5.41, 5.74) is 1.09. The highest BCUT2D eigenvalue weighted by Crippen LogP contribution is 2.06. The van der Waals surface area contributed by atoms with Crippen molar-refractivity contribution in [3.05, 3.63) is 29.8 Å². The van der Waals surface area contributed by atoms with Crippen LogP contribution in [-0.4, -0.2) is 5.91 Å². The van der Waals surface area contributed by atoms with Gasteiger partial charge in [-0.3, -0.25) is 4.79 Å². The summed E-state index contributed by atoms with van der Waals surface area (Å²) in [6.07, 6.45) is 0. The van der Waals surface area contributed by atoms with Gasteiger partial charge in [0.25, 0.3) is 0 Å². The molecular weight excluding hydrogens is 170 g/mol. The molecule has 0 radical (unpaired) electrons. The van der Waals surface area contributed by atoms with Crippen molar-refractivity contribution in [2.45, 2.75) is 18.4 Å². The Balaban J connectivity index is 2.53. The Morgan fingerprint density at radius 1 is 1.42 bits per heavy atom. The molecule has 0 saturated heterocycles. The van der Waals surface area contributed by atoms with Crippen LogP contribution in [0.25, 0.3) is 0 Å². The summed E-state index contributed by atoms with van der Waals surface area (Å²) in [6, 6.07) is 7.69. The van der Waals surface area contributed by atoms with Crippen molar-refractivity contribution in [3.63, 3.8) is 0 Å². The molecule has 0 spiro atoms. The maximum atomic E-state index is 10.6. The van der Waals surface area contributed by atoms with E-state index < -0.39 is 0 Å². The molecule has 0 heterocycles. The Morgan fingerprint density at radius 2 is 2.00 bits per heavy atom. The molecule has 0 bridgehead atoms. The highest BCUT2D eigenvalue weighted by atomic mass is 32.1. The highest BCUT2D eigenvalue weighted by molar-refractivity contribution is 7.80. The lowest BCUT2D eigenvalue weighted by Gasteiger charge is -2.01. The molecule has 0 aromatic heterocycles. The minimum atomic E-state index is -0.00931. The standard InChI is InChI=1S/C9H11NOS/c1-7(11)10-6-8-2-4-9(12)5-3-8/h2-5,12H,6H2,1H3,(H,10,11). The summed E-state index contributed by atoms with van der Waals surface area (Å²) in [4.78, 5) is 11.5. The Labute approximate surface area is 77.4 Å². The van der Waals surface area contributed by atoms with Gasteiger partial charge in [0.1, 0.15) is 0 Å². The summed E-state index contributed by atoms with van der Waals surface area (Å²) in [5.74, 6) is -0.00931. The molecule has 3 heteroatoms. The molecule has 0 unspecified atom stereocenters. The fourth-order valence-corrected chi connectivity index (χ4v) is 0.989.